The van der Waals surface area contributed by atoms with Crippen LogP contribution >= 0.6 is 11.6 Å². The van der Waals surface area contributed by atoms with Gasteiger partial charge in [0.1, 0.15) is 0 Å². The van der Waals surface area contributed by atoms with Crippen molar-refractivity contribution in [1.82, 2.24) is 0 Å². The summed E-state index contributed by atoms with van der Waals surface area (Å²) in [6, 6.07) is 10.3. The number of carboxylic acid groups (broad SMARTS) is 1. The first-order chi connectivity index (χ1) is 10.0. The number of benzene rings is 2. The smallest absolute Gasteiger partial charge is 0.337 e. The van der Waals surface area contributed by atoms with Gasteiger partial charge in [-0.2, -0.15) is 0 Å². The number of nitrogens with two attached hydrogens (primary N) is 1. The zero-order chi connectivity index (χ0) is 15.4. The normalized spacial score (nSPS) is 10.4. The van der Waals surface area contributed by atoms with Crippen molar-refractivity contribution in [2.45, 2.75) is 6.61 Å². The van der Waals surface area contributed by atoms with Crippen LogP contribution in [0.5, 0.6) is 0 Å². The molecule has 0 aliphatic heterocycles. The molecule has 0 heterocycles. The lowest BCUT2D eigenvalue weighted by atomic mass is 10.1. The molecule has 2 aromatic carbocycles. The second kappa shape index (κ2) is 6.47. The number of nitrogens with one attached hydrogen (secondary N) is 1. The quantitative estimate of drug-likeness (QED) is 0.736. The first-order valence-corrected chi connectivity index (χ1v) is 6.56. The third-order valence-electron chi connectivity index (χ3n) is 2.85. The Balaban J connectivity index is 2.39. The number of hydrogen-bond donors (Lipinski definition) is 3. The highest BCUT2D eigenvalue weighted by Crippen LogP contribution is 2.32. The average molecular weight is 307 g/mol. The van der Waals surface area contributed by atoms with Crippen molar-refractivity contribution in [2.24, 2.45) is 0 Å². The fourth-order valence-corrected chi connectivity index (χ4v) is 2.25. The molecular weight excluding hydrogens is 292 g/mol. The van der Waals surface area contributed by atoms with Crippen LogP contribution < -0.4 is 11.1 Å². The summed E-state index contributed by atoms with van der Waals surface area (Å²) in [6.07, 6.45) is 0. The lowest BCUT2D eigenvalue weighted by molar-refractivity contribution is 0.0698. The molecule has 0 atom stereocenters. The molecule has 0 unspecified atom stereocenters. The lowest BCUT2D eigenvalue weighted by Crippen LogP contribution is -2.05. The van der Waals surface area contributed by atoms with Crippen molar-refractivity contribution in [1.29, 1.82) is 0 Å². The van der Waals surface area contributed by atoms with Gasteiger partial charge in [-0.05, 0) is 29.8 Å². The molecule has 0 aliphatic rings. The highest BCUT2D eigenvalue weighted by atomic mass is 35.5. The largest absolute Gasteiger partial charge is 0.478 e. The van der Waals surface area contributed by atoms with Gasteiger partial charge in [-0.25, -0.2) is 4.79 Å². The average Bonchev–Trinajstić information content (AvgIpc) is 2.42. The van der Waals surface area contributed by atoms with E-state index in [1.807, 2.05) is 24.3 Å². The van der Waals surface area contributed by atoms with Crippen LogP contribution in [0.3, 0.4) is 0 Å². The highest BCUT2D eigenvalue weighted by molar-refractivity contribution is 6.34. The highest BCUT2D eigenvalue weighted by Gasteiger charge is 2.15. The SMILES string of the molecule is COCc1cccc(Nc2c(Cl)cc(N)cc2C(=O)O)c1. The van der Waals surface area contributed by atoms with Gasteiger partial charge in [0.25, 0.3) is 0 Å². The summed E-state index contributed by atoms with van der Waals surface area (Å²) in [7, 11) is 1.61. The Bertz CT molecular complexity index is 674. The van der Waals surface area contributed by atoms with Crippen LogP contribution in [0.15, 0.2) is 36.4 Å². The Morgan fingerprint density at radius 1 is 1.38 bits per heavy atom. The summed E-state index contributed by atoms with van der Waals surface area (Å²) in [6.45, 7) is 0.469. The molecule has 2 aromatic rings. The first kappa shape index (κ1) is 15.2. The predicted molar refractivity (Wildman–Crippen MR) is 83.3 cm³/mol. The van der Waals surface area contributed by atoms with Gasteiger partial charge in [0.2, 0.25) is 0 Å². The first-order valence-electron chi connectivity index (χ1n) is 6.18. The minimum Gasteiger partial charge on any atom is -0.478 e. The fourth-order valence-electron chi connectivity index (χ4n) is 1.97. The third kappa shape index (κ3) is 3.65. The minimum atomic E-state index is -1.10. The molecule has 0 aliphatic carbocycles. The van der Waals surface area contributed by atoms with E-state index in [1.54, 1.807) is 7.11 Å². The topological polar surface area (TPSA) is 84.6 Å². The Morgan fingerprint density at radius 2 is 2.14 bits per heavy atom. The summed E-state index contributed by atoms with van der Waals surface area (Å²) in [4.78, 5) is 11.3. The standard InChI is InChI=1S/C15H15ClN2O3/c1-21-8-9-3-2-4-11(5-9)18-14-12(15(19)20)6-10(17)7-13(14)16/h2-7,18H,8,17H2,1H3,(H,19,20). The van der Waals surface area contributed by atoms with Crippen LogP contribution in [0.4, 0.5) is 17.1 Å². The van der Waals surface area contributed by atoms with Gasteiger partial charge in [-0.1, -0.05) is 23.7 Å². The summed E-state index contributed by atoms with van der Waals surface area (Å²) in [5.41, 5.74) is 7.96. The fraction of sp³-hybridized carbons (Fsp3) is 0.133. The number of halogens is 1. The predicted octanol–water partition coefficient (Wildman–Crippen LogP) is 3.51. The zero-order valence-electron chi connectivity index (χ0n) is 11.4. The number of hydrogen-bond acceptors (Lipinski definition) is 4. The number of carbonyl (C=O) groups is 1. The second-order valence-electron chi connectivity index (χ2n) is 4.49. The number of anilines is 3. The van der Waals surface area contributed by atoms with Crippen LogP contribution in [-0.2, 0) is 11.3 Å². The van der Waals surface area contributed by atoms with E-state index >= 15 is 0 Å². The molecule has 0 saturated carbocycles. The van der Waals surface area contributed by atoms with Crippen molar-refractivity contribution < 1.29 is 14.6 Å². The zero-order valence-corrected chi connectivity index (χ0v) is 12.1. The van der Waals surface area contributed by atoms with E-state index < -0.39 is 5.97 Å². The number of carboxylic acids is 1. The van der Waals surface area contributed by atoms with Crippen molar-refractivity contribution in [3.8, 4) is 0 Å². The number of methoxy groups -OCH3 is 1. The van der Waals surface area contributed by atoms with Crippen molar-refractivity contribution in [3.05, 3.63) is 52.5 Å². The van der Waals surface area contributed by atoms with E-state index in [-0.39, 0.29) is 10.6 Å². The van der Waals surface area contributed by atoms with Crippen LogP contribution in [0, 0.1) is 0 Å². The molecule has 0 aromatic heterocycles. The molecule has 0 fully saturated rings. The third-order valence-corrected chi connectivity index (χ3v) is 3.15. The number of ether oxygens (including phenoxy) is 1. The molecule has 21 heavy (non-hydrogen) atoms. The summed E-state index contributed by atoms with van der Waals surface area (Å²) >= 11 is 6.10. The minimum absolute atomic E-state index is 0.0251. The lowest BCUT2D eigenvalue weighted by Gasteiger charge is -2.13. The molecule has 6 heteroatoms. The molecule has 0 radical (unpaired) electrons. The van der Waals surface area contributed by atoms with E-state index in [0.29, 0.717) is 18.0 Å². The van der Waals surface area contributed by atoms with Crippen molar-refractivity contribution in [3.63, 3.8) is 0 Å². The maximum Gasteiger partial charge on any atom is 0.337 e. The van der Waals surface area contributed by atoms with Gasteiger partial charge < -0.3 is 20.9 Å². The molecule has 0 bridgehead atoms. The van der Waals surface area contributed by atoms with E-state index in [1.165, 1.54) is 12.1 Å². The van der Waals surface area contributed by atoms with Crippen LogP contribution in [0.25, 0.3) is 0 Å². The molecular formula is C15H15ClN2O3. The van der Waals surface area contributed by atoms with Crippen LogP contribution in [-0.4, -0.2) is 18.2 Å². The number of aromatic carboxylic acids is 1. The molecule has 4 N–H and O–H groups in total. The Kier molecular flexibility index (Phi) is 4.67. The summed E-state index contributed by atoms with van der Waals surface area (Å²) < 4.78 is 5.07. The van der Waals surface area contributed by atoms with E-state index in [4.69, 9.17) is 22.1 Å². The monoisotopic (exact) mass is 306 g/mol. The molecule has 0 amide bonds. The van der Waals surface area contributed by atoms with Gasteiger partial charge >= 0.3 is 5.97 Å². The molecule has 110 valence electrons. The Hall–Kier alpha value is -2.24. The second-order valence-corrected chi connectivity index (χ2v) is 4.90. The molecule has 5 nitrogen and oxygen atoms in total. The molecule has 0 spiro atoms. The number of nitrogen functional groups attached to an aromatic ring is 1. The summed E-state index contributed by atoms with van der Waals surface area (Å²) in [5, 5.41) is 12.5. The van der Waals surface area contributed by atoms with Gasteiger partial charge in [-0.3, -0.25) is 0 Å². The van der Waals surface area contributed by atoms with Crippen molar-refractivity contribution >= 4 is 34.6 Å². The van der Waals surface area contributed by atoms with Crippen LogP contribution in [0.1, 0.15) is 15.9 Å². The summed E-state index contributed by atoms with van der Waals surface area (Å²) in [5.74, 6) is -1.10. The number of rotatable bonds is 5. The van der Waals surface area contributed by atoms with E-state index in [9.17, 15) is 9.90 Å². The van der Waals surface area contributed by atoms with Gasteiger partial charge in [-0.15, -0.1) is 0 Å². The van der Waals surface area contributed by atoms with E-state index in [0.717, 1.165) is 11.3 Å². The van der Waals surface area contributed by atoms with Crippen LogP contribution in [0.2, 0.25) is 5.02 Å². The van der Waals surface area contributed by atoms with Crippen molar-refractivity contribution in [2.75, 3.05) is 18.2 Å². The Labute approximate surface area is 127 Å². The van der Waals surface area contributed by atoms with Gasteiger partial charge in [0, 0.05) is 18.5 Å². The maximum atomic E-state index is 11.3. The van der Waals surface area contributed by atoms with Gasteiger partial charge in [0.15, 0.2) is 0 Å². The Morgan fingerprint density at radius 3 is 2.81 bits per heavy atom. The molecule has 0 saturated heterocycles. The van der Waals surface area contributed by atoms with E-state index in [2.05, 4.69) is 5.32 Å². The van der Waals surface area contributed by atoms with Gasteiger partial charge in [0.05, 0.1) is 22.9 Å². The maximum absolute atomic E-state index is 11.3. The molecule has 2 rings (SSSR count).